The van der Waals surface area contributed by atoms with Crippen molar-refractivity contribution in [3.05, 3.63) is 11.8 Å². The fourth-order valence-electron chi connectivity index (χ4n) is 1.47. The molecular formula is C9H15NO3. The van der Waals surface area contributed by atoms with Gasteiger partial charge in [-0.2, -0.15) is 0 Å². The van der Waals surface area contributed by atoms with Crippen LogP contribution in [0.1, 0.15) is 27.2 Å². The van der Waals surface area contributed by atoms with E-state index >= 15 is 0 Å². The topological polar surface area (TPSA) is 49.8 Å². The third-order valence-electron chi connectivity index (χ3n) is 2.19. The second-order valence-corrected chi connectivity index (χ2v) is 3.49. The molecule has 1 atom stereocenters. The van der Waals surface area contributed by atoms with Crippen molar-refractivity contribution in [3.8, 4) is 0 Å². The largest absolute Gasteiger partial charge is 0.464 e. The van der Waals surface area contributed by atoms with E-state index < -0.39 is 5.54 Å². The highest BCUT2D eigenvalue weighted by molar-refractivity contribution is 5.81. The average Bonchev–Trinajstić information content (AvgIpc) is 2.28. The Bertz CT molecular complexity index is 249. The van der Waals surface area contributed by atoms with Gasteiger partial charge in [0.25, 0.3) is 0 Å². The summed E-state index contributed by atoms with van der Waals surface area (Å²) in [6.07, 6.45) is 2.07. The minimum absolute atomic E-state index is 0.335. The summed E-state index contributed by atoms with van der Waals surface area (Å²) in [7, 11) is 0. The Labute approximate surface area is 77.7 Å². The van der Waals surface area contributed by atoms with E-state index in [0.29, 0.717) is 13.0 Å². The number of hydrogen-bond donors (Lipinski definition) is 1. The zero-order valence-corrected chi connectivity index (χ0v) is 8.20. The second kappa shape index (κ2) is 3.38. The molecule has 0 aromatic rings. The van der Waals surface area contributed by atoms with Gasteiger partial charge in [0.15, 0.2) is 5.54 Å². The maximum Gasteiger partial charge on any atom is 0.334 e. The molecule has 0 radical (unpaired) electrons. The van der Waals surface area contributed by atoms with Crippen molar-refractivity contribution in [2.24, 2.45) is 0 Å². The van der Waals surface area contributed by atoms with E-state index in [1.807, 2.05) is 6.92 Å². The van der Waals surface area contributed by atoms with Crippen molar-refractivity contribution in [1.29, 1.82) is 0 Å². The Morgan fingerprint density at radius 3 is 2.85 bits per heavy atom. The van der Waals surface area contributed by atoms with Crippen molar-refractivity contribution in [2.75, 3.05) is 6.61 Å². The molecule has 13 heavy (non-hydrogen) atoms. The predicted octanol–water partition coefficient (Wildman–Crippen LogP) is 1.31. The Balaban J connectivity index is 2.74. The molecule has 1 unspecified atom stereocenters. The second-order valence-electron chi connectivity index (χ2n) is 3.49. The lowest BCUT2D eigenvalue weighted by Gasteiger charge is -2.28. The van der Waals surface area contributed by atoms with Gasteiger partial charge in [-0.15, -0.1) is 0 Å². The number of ether oxygens (including phenoxy) is 1. The highest BCUT2D eigenvalue weighted by atomic mass is 16.6. The van der Waals surface area contributed by atoms with Gasteiger partial charge in [0, 0.05) is 12.6 Å². The van der Waals surface area contributed by atoms with Crippen LogP contribution in [0.3, 0.4) is 0 Å². The van der Waals surface area contributed by atoms with Crippen LogP contribution >= 0.6 is 0 Å². The summed E-state index contributed by atoms with van der Waals surface area (Å²) < 4.78 is 4.87. The molecule has 1 N–H and O–H groups in total. The third kappa shape index (κ3) is 1.67. The fraction of sp³-hybridized carbons (Fsp3) is 0.667. The van der Waals surface area contributed by atoms with Gasteiger partial charge in [-0.3, -0.25) is 5.21 Å². The highest BCUT2D eigenvalue weighted by Crippen LogP contribution is 2.30. The van der Waals surface area contributed by atoms with Crippen molar-refractivity contribution in [2.45, 2.75) is 32.7 Å². The molecule has 0 saturated carbocycles. The lowest BCUT2D eigenvalue weighted by molar-refractivity contribution is -0.177. The third-order valence-corrected chi connectivity index (χ3v) is 2.19. The van der Waals surface area contributed by atoms with E-state index in [4.69, 9.17) is 4.74 Å². The number of esters is 1. The number of rotatable bonds is 2. The minimum Gasteiger partial charge on any atom is -0.464 e. The number of carbonyl (C=O) groups excluding carboxylic acids is 1. The van der Waals surface area contributed by atoms with E-state index in [2.05, 4.69) is 0 Å². The molecule has 0 bridgehead atoms. The zero-order valence-electron chi connectivity index (χ0n) is 8.20. The Morgan fingerprint density at radius 2 is 2.46 bits per heavy atom. The first-order valence-corrected chi connectivity index (χ1v) is 4.33. The monoisotopic (exact) mass is 185 g/mol. The SMILES string of the molecule is CCOC(=O)C1(C)CC(C)=CN1O. The molecule has 74 valence electrons. The minimum atomic E-state index is -0.930. The standard InChI is InChI=1S/C9H15NO3/c1-4-13-8(11)9(3)5-7(2)6-10(9)12/h6,12H,4-5H2,1-3H3. The van der Waals surface area contributed by atoms with Crippen LogP contribution in [0, 0.1) is 0 Å². The summed E-state index contributed by atoms with van der Waals surface area (Å²) in [5, 5.41) is 10.4. The maximum absolute atomic E-state index is 11.5. The summed E-state index contributed by atoms with van der Waals surface area (Å²) in [5.41, 5.74) is 0.0400. The van der Waals surface area contributed by atoms with E-state index in [1.165, 1.54) is 0 Å². The van der Waals surface area contributed by atoms with Crippen LogP contribution in [-0.2, 0) is 9.53 Å². The van der Waals surface area contributed by atoms with Crippen molar-refractivity contribution in [1.82, 2.24) is 5.06 Å². The van der Waals surface area contributed by atoms with Crippen molar-refractivity contribution in [3.63, 3.8) is 0 Å². The van der Waals surface area contributed by atoms with Gasteiger partial charge in [-0.25, -0.2) is 9.86 Å². The summed E-state index contributed by atoms with van der Waals surface area (Å²) in [5.74, 6) is -0.384. The Kier molecular flexibility index (Phi) is 2.61. The molecule has 0 aromatic heterocycles. The Hall–Kier alpha value is -1.03. The number of nitrogens with zero attached hydrogens (tertiary/aromatic N) is 1. The molecule has 0 amide bonds. The summed E-state index contributed by atoms with van der Waals surface area (Å²) in [6.45, 7) is 5.62. The molecule has 4 heteroatoms. The number of hydrogen-bond acceptors (Lipinski definition) is 4. The maximum atomic E-state index is 11.5. The molecule has 1 heterocycles. The van der Waals surface area contributed by atoms with Crippen molar-refractivity contribution >= 4 is 5.97 Å². The number of hydroxylamine groups is 2. The molecule has 4 nitrogen and oxygen atoms in total. The van der Waals surface area contributed by atoms with Gasteiger partial charge < -0.3 is 4.74 Å². The molecule has 0 spiro atoms. The molecule has 0 aromatic carbocycles. The Morgan fingerprint density at radius 1 is 1.85 bits per heavy atom. The quantitative estimate of drug-likeness (QED) is 0.659. The van der Waals surface area contributed by atoms with Crippen LogP contribution < -0.4 is 0 Å². The lowest BCUT2D eigenvalue weighted by atomic mass is 9.97. The predicted molar refractivity (Wildman–Crippen MR) is 47.0 cm³/mol. The van der Waals surface area contributed by atoms with Crippen molar-refractivity contribution < 1.29 is 14.7 Å². The van der Waals surface area contributed by atoms with E-state index in [-0.39, 0.29) is 5.97 Å². The smallest absolute Gasteiger partial charge is 0.334 e. The molecule has 0 fully saturated rings. The van der Waals surface area contributed by atoms with Gasteiger partial charge in [0.1, 0.15) is 0 Å². The van der Waals surface area contributed by atoms with Gasteiger partial charge in [-0.05, 0) is 20.8 Å². The summed E-state index contributed by atoms with van der Waals surface area (Å²) in [4.78, 5) is 11.5. The van der Waals surface area contributed by atoms with Crippen LogP contribution in [0.4, 0.5) is 0 Å². The highest BCUT2D eigenvalue weighted by Gasteiger charge is 2.43. The van der Waals surface area contributed by atoms with Crippen LogP contribution in [-0.4, -0.2) is 28.4 Å². The molecule has 1 rings (SSSR count). The normalized spacial score (nSPS) is 27.4. The van der Waals surface area contributed by atoms with Gasteiger partial charge in [-0.1, -0.05) is 5.57 Å². The summed E-state index contributed by atoms with van der Waals surface area (Å²) >= 11 is 0. The van der Waals surface area contributed by atoms with Crippen LogP contribution in [0.2, 0.25) is 0 Å². The van der Waals surface area contributed by atoms with E-state index in [9.17, 15) is 10.0 Å². The number of carbonyl (C=O) groups is 1. The summed E-state index contributed by atoms with van der Waals surface area (Å²) in [6, 6.07) is 0. The first-order valence-electron chi connectivity index (χ1n) is 4.33. The molecule has 0 aliphatic carbocycles. The average molecular weight is 185 g/mol. The molecular weight excluding hydrogens is 170 g/mol. The van der Waals surface area contributed by atoms with Crippen LogP contribution in [0.5, 0.6) is 0 Å². The van der Waals surface area contributed by atoms with E-state index in [1.54, 1.807) is 20.0 Å². The fourth-order valence-corrected chi connectivity index (χ4v) is 1.47. The molecule has 1 aliphatic heterocycles. The van der Waals surface area contributed by atoms with Gasteiger partial charge in [0.2, 0.25) is 0 Å². The molecule has 1 aliphatic rings. The molecule has 0 saturated heterocycles. The lowest BCUT2D eigenvalue weighted by Crippen LogP contribution is -2.46. The van der Waals surface area contributed by atoms with Crippen LogP contribution in [0.15, 0.2) is 11.8 Å². The first-order chi connectivity index (χ1) is 6.00. The van der Waals surface area contributed by atoms with Crippen LogP contribution in [0.25, 0.3) is 0 Å². The van der Waals surface area contributed by atoms with Gasteiger partial charge >= 0.3 is 5.97 Å². The first kappa shape index (κ1) is 10.1. The van der Waals surface area contributed by atoms with Gasteiger partial charge in [0.05, 0.1) is 6.61 Å². The van der Waals surface area contributed by atoms with E-state index in [0.717, 1.165) is 10.6 Å². The zero-order chi connectivity index (χ0) is 10.1.